The molecule has 1 amide bonds. The largest absolute Gasteiger partial charge is 0.497 e. The lowest BCUT2D eigenvalue weighted by Crippen LogP contribution is -2.29. The number of methoxy groups -OCH3 is 2. The highest BCUT2D eigenvalue weighted by Crippen LogP contribution is 2.30. The molecule has 0 unspecified atom stereocenters. The fourth-order valence-corrected chi connectivity index (χ4v) is 2.98. The van der Waals surface area contributed by atoms with Crippen LogP contribution in [0, 0.1) is 0 Å². The molecule has 1 aromatic heterocycles. The average molecular weight is 373 g/mol. The quantitative estimate of drug-likeness (QED) is 0.821. The van der Waals surface area contributed by atoms with Crippen molar-refractivity contribution in [2.45, 2.75) is 59.0 Å². The molecular formula is C21H31N3O3. The molecule has 0 fully saturated rings. The van der Waals surface area contributed by atoms with Gasteiger partial charge in [0.2, 0.25) is 0 Å². The van der Waals surface area contributed by atoms with Crippen LogP contribution >= 0.6 is 0 Å². The summed E-state index contributed by atoms with van der Waals surface area (Å²) in [6, 6.07) is 7.15. The number of carbonyl (C=O) groups is 1. The molecule has 0 bridgehead atoms. The van der Waals surface area contributed by atoms with Crippen molar-refractivity contribution in [3.63, 3.8) is 0 Å². The van der Waals surface area contributed by atoms with Gasteiger partial charge in [0.25, 0.3) is 5.91 Å². The Labute approximate surface area is 161 Å². The van der Waals surface area contributed by atoms with Crippen molar-refractivity contribution in [3.05, 3.63) is 41.2 Å². The second-order valence-electron chi connectivity index (χ2n) is 7.99. The standard InChI is InChI=1S/C21H31N3O3/c1-13(2)18-12-17(23-24(18)21(4,5)6)20(25)22-14(3)16-11-15(26-7)9-10-19(16)27-8/h9-14H,1-8H3,(H,22,25)/t14-/m1/s1. The van der Waals surface area contributed by atoms with Crippen molar-refractivity contribution in [2.24, 2.45) is 0 Å². The highest BCUT2D eigenvalue weighted by Gasteiger charge is 2.25. The van der Waals surface area contributed by atoms with Gasteiger partial charge in [-0.25, -0.2) is 0 Å². The van der Waals surface area contributed by atoms with Gasteiger partial charge < -0.3 is 14.8 Å². The van der Waals surface area contributed by atoms with Gasteiger partial charge in [0, 0.05) is 11.3 Å². The predicted octanol–water partition coefficient (Wildman–Crippen LogP) is 4.27. The van der Waals surface area contributed by atoms with E-state index in [0.717, 1.165) is 11.3 Å². The van der Waals surface area contributed by atoms with Crippen LogP contribution in [0.5, 0.6) is 11.5 Å². The molecule has 2 aromatic rings. The highest BCUT2D eigenvalue weighted by molar-refractivity contribution is 5.92. The number of nitrogens with zero attached hydrogens (tertiary/aromatic N) is 2. The van der Waals surface area contributed by atoms with Gasteiger partial charge in [-0.1, -0.05) is 13.8 Å². The van der Waals surface area contributed by atoms with Crippen LogP contribution in [-0.4, -0.2) is 29.9 Å². The van der Waals surface area contributed by atoms with Gasteiger partial charge >= 0.3 is 0 Å². The topological polar surface area (TPSA) is 65.4 Å². The van der Waals surface area contributed by atoms with E-state index in [4.69, 9.17) is 9.47 Å². The molecule has 0 aliphatic heterocycles. The monoisotopic (exact) mass is 373 g/mol. The Balaban J connectivity index is 2.30. The minimum absolute atomic E-state index is 0.195. The molecule has 0 saturated heterocycles. The minimum Gasteiger partial charge on any atom is -0.497 e. The molecule has 1 N–H and O–H groups in total. The number of aromatic nitrogens is 2. The Hall–Kier alpha value is -2.50. The summed E-state index contributed by atoms with van der Waals surface area (Å²) in [5.41, 5.74) is 2.12. The van der Waals surface area contributed by atoms with E-state index in [0.29, 0.717) is 17.2 Å². The predicted molar refractivity (Wildman–Crippen MR) is 107 cm³/mol. The van der Waals surface area contributed by atoms with Crippen molar-refractivity contribution >= 4 is 5.91 Å². The number of hydrogen-bond donors (Lipinski definition) is 1. The lowest BCUT2D eigenvalue weighted by molar-refractivity contribution is 0.0932. The molecule has 6 nitrogen and oxygen atoms in total. The van der Waals surface area contributed by atoms with Gasteiger partial charge in [0.1, 0.15) is 17.2 Å². The average Bonchev–Trinajstić information content (AvgIpc) is 3.07. The summed E-state index contributed by atoms with van der Waals surface area (Å²) >= 11 is 0. The fraction of sp³-hybridized carbons (Fsp3) is 0.524. The third-order valence-corrected chi connectivity index (χ3v) is 4.45. The van der Waals surface area contributed by atoms with Gasteiger partial charge in [-0.15, -0.1) is 0 Å². The van der Waals surface area contributed by atoms with Gasteiger partial charge in [0.05, 0.1) is 25.8 Å². The summed E-state index contributed by atoms with van der Waals surface area (Å²) in [5.74, 6) is 1.48. The van der Waals surface area contributed by atoms with Crippen molar-refractivity contribution in [3.8, 4) is 11.5 Å². The summed E-state index contributed by atoms with van der Waals surface area (Å²) in [6.45, 7) is 12.4. The molecule has 0 radical (unpaired) electrons. The van der Waals surface area contributed by atoms with Crippen molar-refractivity contribution in [1.82, 2.24) is 15.1 Å². The lowest BCUT2D eigenvalue weighted by atomic mass is 10.1. The smallest absolute Gasteiger partial charge is 0.272 e. The summed E-state index contributed by atoms with van der Waals surface area (Å²) in [4.78, 5) is 12.8. The van der Waals surface area contributed by atoms with E-state index in [1.54, 1.807) is 14.2 Å². The van der Waals surface area contributed by atoms with Crippen LogP contribution in [0.3, 0.4) is 0 Å². The Bertz CT molecular complexity index is 803. The third kappa shape index (κ3) is 4.62. The molecule has 1 atom stereocenters. The van der Waals surface area contributed by atoms with E-state index in [1.165, 1.54) is 0 Å². The minimum atomic E-state index is -0.259. The SMILES string of the molecule is COc1ccc(OC)c([C@@H](C)NC(=O)c2cc(C(C)C)n(C(C)(C)C)n2)c1. The molecule has 6 heteroatoms. The molecular weight excluding hydrogens is 342 g/mol. The number of carbonyl (C=O) groups excluding carboxylic acids is 1. The van der Waals surface area contributed by atoms with Gasteiger partial charge in [0.15, 0.2) is 0 Å². The maximum atomic E-state index is 12.8. The first kappa shape index (κ1) is 20.8. The molecule has 0 aliphatic carbocycles. The van der Waals surface area contributed by atoms with Crippen molar-refractivity contribution in [1.29, 1.82) is 0 Å². The number of benzene rings is 1. The van der Waals surface area contributed by atoms with Crippen LogP contribution in [0.15, 0.2) is 24.3 Å². The first-order valence-electron chi connectivity index (χ1n) is 9.21. The van der Waals surface area contributed by atoms with Crippen molar-refractivity contribution < 1.29 is 14.3 Å². The first-order valence-corrected chi connectivity index (χ1v) is 9.21. The van der Waals surface area contributed by atoms with Crippen LogP contribution in [0.4, 0.5) is 0 Å². The first-order chi connectivity index (χ1) is 12.6. The Morgan fingerprint density at radius 1 is 1.11 bits per heavy atom. The van der Waals surface area contributed by atoms with E-state index in [2.05, 4.69) is 45.0 Å². The Morgan fingerprint density at radius 2 is 1.78 bits per heavy atom. The lowest BCUT2D eigenvalue weighted by Gasteiger charge is -2.23. The molecule has 0 spiro atoms. The molecule has 27 heavy (non-hydrogen) atoms. The van der Waals surface area contributed by atoms with Crippen LogP contribution in [0.2, 0.25) is 0 Å². The number of rotatable bonds is 6. The van der Waals surface area contributed by atoms with E-state index >= 15 is 0 Å². The summed E-state index contributed by atoms with van der Waals surface area (Å²) < 4.78 is 12.7. The second-order valence-corrected chi connectivity index (χ2v) is 7.99. The zero-order chi connectivity index (χ0) is 20.4. The maximum absolute atomic E-state index is 12.8. The van der Waals surface area contributed by atoms with Gasteiger partial charge in [-0.05, 0) is 57.9 Å². The van der Waals surface area contributed by atoms with E-state index in [-0.39, 0.29) is 23.4 Å². The van der Waals surface area contributed by atoms with E-state index < -0.39 is 0 Å². The molecule has 0 saturated carbocycles. The number of amides is 1. The Morgan fingerprint density at radius 3 is 2.26 bits per heavy atom. The molecule has 2 rings (SSSR count). The zero-order valence-corrected chi connectivity index (χ0v) is 17.6. The summed E-state index contributed by atoms with van der Waals surface area (Å²) in [6.07, 6.45) is 0. The molecule has 1 aromatic carbocycles. The zero-order valence-electron chi connectivity index (χ0n) is 17.6. The maximum Gasteiger partial charge on any atom is 0.272 e. The summed E-state index contributed by atoms with van der Waals surface area (Å²) in [7, 11) is 3.22. The molecule has 0 aliphatic rings. The molecule has 1 heterocycles. The van der Waals surface area contributed by atoms with Crippen LogP contribution < -0.4 is 14.8 Å². The van der Waals surface area contributed by atoms with Crippen molar-refractivity contribution in [2.75, 3.05) is 14.2 Å². The van der Waals surface area contributed by atoms with Crippen LogP contribution in [-0.2, 0) is 5.54 Å². The Kier molecular flexibility index (Phi) is 6.19. The number of ether oxygens (including phenoxy) is 2. The van der Waals surface area contributed by atoms with E-state index in [1.807, 2.05) is 35.9 Å². The third-order valence-electron chi connectivity index (χ3n) is 4.45. The van der Waals surface area contributed by atoms with Gasteiger partial charge in [-0.3, -0.25) is 9.48 Å². The van der Waals surface area contributed by atoms with Crippen LogP contribution in [0.1, 0.15) is 75.2 Å². The van der Waals surface area contributed by atoms with E-state index in [9.17, 15) is 4.79 Å². The number of nitrogens with one attached hydrogen (secondary N) is 1. The number of hydrogen-bond acceptors (Lipinski definition) is 4. The highest BCUT2D eigenvalue weighted by atomic mass is 16.5. The molecule has 148 valence electrons. The normalized spacial score (nSPS) is 12.8. The van der Waals surface area contributed by atoms with Crippen LogP contribution in [0.25, 0.3) is 0 Å². The second kappa shape index (κ2) is 8.03. The van der Waals surface area contributed by atoms with Gasteiger partial charge in [-0.2, -0.15) is 5.10 Å². The summed E-state index contributed by atoms with van der Waals surface area (Å²) in [5, 5.41) is 7.59. The fourth-order valence-electron chi connectivity index (χ4n) is 2.98.